The Labute approximate surface area is 104 Å². The minimum Gasteiger partial charge on any atom is -0.481 e. The van der Waals surface area contributed by atoms with Gasteiger partial charge in [-0.15, -0.1) is 0 Å². The van der Waals surface area contributed by atoms with E-state index in [1.807, 2.05) is 13.8 Å². The average Bonchev–Trinajstić information content (AvgIpc) is 2.25. The Hall–Kier alpha value is -1.06. The van der Waals surface area contributed by atoms with Gasteiger partial charge in [0.15, 0.2) is 0 Å². The fraction of sp³-hybridized carbons (Fsp3) is 0.846. The van der Waals surface area contributed by atoms with E-state index in [4.69, 9.17) is 0 Å². The summed E-state index contributed by atoms with van der Waals surface area (Å²) in [6, 6.07) is 0. The topological polar surface area (TPSA) is 66.4 Å². The van der Waals surface area contributed by atoms with Crippen LogP contribution in [0.2, 0.25) is 0 Å². The maximum atomic E-state index is 11.7. The number of aliphatic carboxylic acids is 1. The fourth-order valence-electron chi connectivity index (χ4n) is 1.36. The lowest BCUT2D eigenvalue weighted by Crippen LogP contribution is -2.40. The van der Waals surface area contributed by atoms with Crippen LogP contribution in [-0.2, 0) is 9.59 Å². The Bertz CT molecular complexity index is 276. The van der Waals surface area contributed by atoms with Crippen LogP contribution in [0, 0.1) is 17.3 Å². The predicted octanol–water partition coefficient (Wildman–Crippen LogP) is 2.29. The van der Waals surface area contributed by atoms with Gasteiger partial charge < -0.3 is 10.4 Å². The number of carbonyl (C=O) groups is 2. The zero-order valence-electron chi connectivity index (χ0n) is 11.5. The third kappa shape index (κ3) is 4.75. The van der Waals surface area contributed by atoms with Crippen molar-refractivity contribution in [2.75, 3.05) is 6.54 Å². The van der Waals surface area contributed by atoms with Gasteiger partial charge in [-0.3, -0.25) is 9.59 Å². The van der Waals surface area contributed by atoms with E-state index in [0.717, 1.165) is 6.42 Å². The van der Waals surface area contributed by atoms with Crippen LogP contribution < -0.4 is 5.32 Å². The van der Waals surface area contributed by atoms with Crippen molar-refractivity contribution in [2.24, 2.45) is 17.3 Å². The van der Waals surface area contributed by atoms with Crippen LogP contribution in [0.4, 0.5) is 0 Å². The second-order valence-electron chi connectivity index (χ2n) is 5.37. The molecule has 0 aliphatic heterocycles. The zero-order valence-corrected chi connectivity index (χ0v) is 11.5. The number of carboxylic acid groups (broad SMARTS) is 1. The molecule has 2 N–H and O–H groups in total. The molecule has 4 heteroatoms. The Balaban J connectivity index is 4.39. The summed E-state index contributed by atoms with van der Waals surface area (Å²) < 4.78 is 0. The van der Waals surface area contributed by atoms with Gasteiger partial charge in [-0.05, 0) is 18.8 Å². The maximum Gasteiger partial charge on any atom is 0.310 e. The van der Waals surface area contributed by atoms with Gasteiger partial charge >= 0.3 is 5.97 Å². The van der Waals surface area contributed by atoms with Crippen LogP contribution in [0.5, 0.6) is 0 Å². The summed E-state index contributed by atoms with van der Waals surface area (Å²) in [4.78, 5) is 22.9. The Morgan fingerprint density at radius 3 is 2.18 bits per heavy atom. The van der Waals surface area contributed by atoms with Crippen LogP contribution >= 0.6 is 0 Å². The summed E-state index contributed by atoms with van der Waals surface area (Å²) in [7, 11) is 0. The highest BCUT2D eigenvalue weighted by atomic mass is 16.4. The molecule has 0 bridgehead atoms. The summed E-state index contributed by atoms with van der Waals surface area (Å²) in [5, 5.41) is 12.0. The van der Waals surface area contributed by atoms with Crippen molar-refractivity contribution in [3.05, 3.63) is 0 Å². The fourth-order valence-corrected chi connectivity index (χ4v) is 1.36. The van der Waals surface area contributed by atoms with Crippen molar-refractivity contribution in [3.63, 3.8) is 0 Å². The molecule has 0 heterocycles. The normalized spacial score (nSPS) is 16.4. The van der Waals surface area contributed by atoms with Gasteiger partial charge in [0, 0.05) is 13.0 Å². The lowest BCUT2D eigenvalue weighted by molar-refractivity contribution is -0.153. The number of amides is 1. The largest absolute Gasteiger partial charge is 0.481 e. The lowest BCUT2D eigenvalue weighted by Gasteiger charge is -2.28. The zero-order chi connectivity index (χ0) is 13.6. The minimum atomic E-state index is -0.987. The summed E-state index contributed by atoms with van der Waals surface area (Å²) >= 11 is 0. The molecule has 100 valence electrons. The highest BCUT2D eigenvalue weighted by Crippen LogP contribution is 2.31. The van der Waals surface area contributed by atoms with E-state index in [2.05, 4.69) is 19.2 Å². The number of hydrogen-bond donors (Lipinski definition) is 2. The first kappa shape index (κ1) is 15.9. The van der Waals surface area contributed by atoms with Gasteiger partial charge in [0.1, 0.15) is 0 Å². The molecule has 0 radical (unpaired) electrons. The SMILES string of the molecule is CCC(C)CNC(=O)CC(C)(C(=O)O)C(C)C. The molecule has 0 rings (SSSR count). The van der Waals surface area contributed by atoms with Crippen molar-refractivity contribution in [3.8, 4) is 0 Å². The molecule has 0 aliphatic rings. The number of nitrogens with one attached hydrogen (secondary N) is 1. The van der Waals surface area contributed by atoms with Crippen molar-refractivity contribution in [1.29, 1.82) is 0 Å². The summed E-state index contributed by atoms with van der Waals surface area (Å²) in [5.74, 6) is -0.737. The third-order valence-electron chi connectivity index (χ3n) is 3.64. The molecular weight excluding hydrogens is 218 g/mol. The standard InChI is InChI=1S/C13H25NO3/c1-6-10(4)8-14-11(15)7-13(5,9(2)3)12(16)17/h9-10H,6-8H2,1-5H3,(H,14,15)(H,16,17). The molecule has 4 nitrogen and oxygen atoms in total. The number of hydrogen-bond acceptors (Lipinski definition) is 2. The molecule has 0 saturated carbocycles. The molecule has 17 heavy (non-hydrogen) atoms. The second kappa shape index (κ2) is 6.62. The highest BCUT2D eigenvalue weighted by molar-refractivity contribution is 5.84. The summed E-state index contributed by atoms with van der Waals surface area (Å²) in [5.41, 5.74) is -0.987. The van der Waals surface area contributed by atoms with Crippen molar-refractivity contribution in [1.82, 2.24) is 5.32 Å². The molecule has 0 aliphatic carbocycles. The number of rotatable bonds is 7. The predicted molar refractivity (Wildman–Crippen MR) is 67.7 cm³/mol. The minimum absolute atomic E-state index is 0.0381. The Morgan fingerprint density at radius 1 is 1.29 bits per heavy atom. The van der Waals surface area contributed by atoms with Crippen molar-refractivity contribution < 1.29 is 14.7 Å². The number of carbonyl (C=O) groups excluding carboxylic acids is 1. The van der Waals surface area contributed by atoms with Crippen molar-refractivity contribution in [2.45, 2.75) is 47.5 Å². The van der Waals surface area contributed by atoms with Gasteiger partial charge in [-0.1, -0.05) is 34.1 Å². The summed E-state index contributed by atoms with van der Waals surface area (Å²) in [6.45, 7) is 10.0. The van der Waals surface area contributed by atoms with Gasteiger partial charge in [-0.25, -0.2) is 0 Å². The summed E-state index contributed by atoms with van der Waals surface area (Å²) in [6.07, 6.45) is 1.04. The van der Waals surface area contributed by atoms with E-state index in [9.17, 15) is 14.7 Å². The first-order chi connectivity index (χ1) is 7.74. The molecule has 0 saturated heterocycles. The molecule has 2 unspecified atom stereocenters. The first-order valence-electron chi connectivity index (χ1n) is 6.24. The number of carboxylic acids is 1. The van der Waals surface area contributed by atoms with E-state index >= 15 is 0 Å². The third-order valence-corrected chi connectivity index (χ3v) is 3.64. The van der Waals surface area contributed by atoms with Crippen LogP contribution in [0.3, 0.4) is 0 Å². The van der Waals surface area contributed by atoms with Crippen LogP contribution in [0.15, 0.2) is 0 Å². The smallest absolute Gasteiger partial charge is 0.310 e. The van der Waals surface area contributed by atoms with E-state index in [1.54, 1.807) is 6.92 Å². The van der Waals surface area contributed by atoms with E-state index < -0.39 is 11.4 Å². The van der Waals surface area contributed by atoms with E-state index in [-0.39, 0.29) is 18.2 Å². The van der Waals surface area contributed by atoms with E-state index in [1.165, 1.54) is 0 Å². The van der Waals surface area contributed by atoms with Gasteiger partial charge in [-0.2, -0.15) is 0 Å². The van der Waals surface area contributed by atoms with Gasteiger partial charge in [0.2, 0.25) is 5.91 Å². The first-order valence-corrected chi connectivity index (χ1v) is 6.24. The highest BCUT2D eigenvalue weighted by Gasteiger charge is 2.38. The van der Waals surface area contributed by atoms with Crippen LogP contribution in [-0.4, -0.2) is 23.5 Å². The quantitative estimate of drug-likeness (QED) is 0.721. The van der Waals surface area contributed by atoms with Crippen LogP contribution in [0.25, 0.3) is 0 Å². The van der Waals surface area contributed by atoms with Gasteiger partial charge in [0.05, 0.1) is 5.41 Å². The monoisotopic (exact) mass is 243 g/mol. The Kier molecular flexibility index (Phi) is 6.21. The van der Waals surface area contributed by atoms with Gasteiger partial charge in [0.25, 0.3) is 0 Å². The maximum absolute atomic E-state index is 11.7. The van der Waals surface area contributed by atoms with Crippen molar-refractivity contribution >= 4 is 11.9 Å². The van der Waals surface area contributed by atoms with Crippen LogP contribution in [0.1, 0.15) is 47.5 Å². The lowest BCUT2D eigenvalue weighted by atomic mass is 9.76. The molecule has 0 aromatic carbocycles. The molecule has 0 aromatic rings. The molecule has 0 fully saturated rings. The average molecular weight is 243 g/mol. The molecule has 0 spiro atoms. The molecule has 0 aromatic heterocycles. The molecule has 1 amide bonds. The van der Waals surface area contributed by atoms with E-state index in [0.29, 0.717) is 12.5 Å². The molecular formula is C13H25NO3. The molecule has 2 atom stereocenters. The Morgan fingerprint density at radius 2 is 1.82 bits per heavy atom. The second-order valence-corrected chi connectivity index (χ2v) is 5.37.